The molecule has 1 amide bonds. The third-order valence-corrected chi connectivity index (χ3v) is 7.20. The number of furan rings is 2. The van der Waals surface area contributed by atoms with Crippen LogP contribution in [0.15, 0.2) is 84.2 Å². The average molecular weight is 488 g/mol. The number of halogens is 1. The zero-order valence-corrected chi connectivity index (χ0v) is 18.8. The summed E-state index contributed by atoms with van der Waals surface area (Å²) in [5, 5.41) is 0.199. The number of hydrogen-bond donors (Lipinski definition) is 0. The van der Waals surface area contributed by atoms with Crippen LogP contribution < -0.4 is 4.90 Å². The van der Waals surface area contributed by atoms with Crippen molar-refractivity contribution in [3.8, 4) is 11.7 Å². The second-order valence-corrected chi connectivity index (χ2v) is 9.62. The van der Waals surface area contributed by atoms with Crippen molar-refractivity contribution in [2.24, 2.45) is 0 Å². The van der Waals surface area contributed by atoms with E-state index >= 15 is 0 Å². The Balaban J connectivity index is 1.47. The van der Waals surface area contributed by atoms with Gasteiger partial charge < -0.3 is 23.1 Å². The minimum atomic E-state index is -4.01. The summed E-state index contributed by atoms with van der Waals surface area (Å²) in [7, 11) is -4.01. The SMILES string of the molecule is O=C(c1ccco1)N1CCN(c2oc(-c3ccco3)nc2S(=O)(=O)c2ccc(Cl)cc2)CC1. The van der Waals surface area contributed by atoms with Crippen molar-refractivity contribution in [1.82, 2.24) is 9.88 Å². The van der Waals surface area contributed by atoms with Gasteiger partial charge in [0, 0.05) is 31.2 Å². The van der Waals surface area contributed by atoms with Crippen molar-refractivity contribution < 1.29 is 26.5 Å². The molecule has 0 unspecified atom stereocenters. The minimum absolute atomic E-state index is 0.0408. The lowest BCUT2D eigenvalue weighted by Gasteiger charge is -2.34. The molecular weight excluding hydrogens is 470 g/mol. The zero-order chi connectivity index (χ0) is 23.0. The van der Waals surface area contributed by atoms with Crippen molar-refractivity contribution in [2.75, 3.05) is 31.1 Å². The molecule has 1 aliphatic heterocycles. The molecule has 0 aliphatic carbocycles. The number of benzene rings is 1. The lowest BCUT2D eigenvalue weighted by Crippen LogP contribution is -2.49. The van der Waals surface area contributed by atoms with Gasteiger partial charge in [-0.2, -0.15) is 4.98 Å². The molecule has 4 heterocycles. The second-order valence-electron chi connectivity index (χ2n) is 7.32. The molecule has 0 N–H and O–H groups in total. The van der Waals surface area contributed by atoms with Gasteiger partial charge in [-0.15, -0.1) is 0 Å². The molecular formula is C22H18ClN3O6S. The number of aromatic nitrogens is 1. The van der Waals surface area contributed by atoms with E-state index in [4.69, 9.17) is 24.9 Å². The Morgan fingerprint density at radius 2 is 1.64 bits per heavy atom. The van der Waals surface area contributed by atoms with Crippen molar-refractivity contribution in [3.63, 3.8) is 0 Å². The molecule has 1 saturated heterocycles. The Morgan fingerprint density at radius 1 is 0.939 bits per heavy atom. The Kier molecular flexibility index (Phi) is 5.47. The van der Waals surface area contributed by atoms with Gasteiger partial charge in [-0.3, -0.25) is 4.79 Å². The minimum Gasteiger partial charge on any atom is -0.459 e. The summed E-state index contributed by atoms with van der Waals surface area (Å²) in [6.45, 7) is 1.41. The van der Waals surface area contributed by atoms with Crippen molar-refractivity contribution in [3.05, 3.63) is 71.8 Å². The summed E-state index contributed by atoms with van der Waals surface area (Å²) in [6, 6.07) is 12.4. The molecule has 33 heavy (non-hydrogen) atoms. The third kappa shape index (κ3) is 4.03. The van der Waals surface area contributed by atoms with Gasteiger partial charge in [0.2, 0.25) is 20.7 Å². The Morgan fingerprint density at radius 3 is 2.27 bits per heavy atom. The number of nitrogens with zero attached hydrogens (tertiary/aromatic N) is 3. The summed E-state index contributed by atoms with van der Waals surface area (Å²) in [5.74, 6) is 0.496. The summed E-state index contributed by atoms with van der Waals surface area (Å²) in [6.07, 6.45) is 2.90. The maximum atomic E-state index is 13.4. The fourth-order valence-electron chi connectivity index (χ4n) is 3.57. The van der Waals surface area contributed by atoms with Gasteiger partial charge >= 0.3 is 0 Å². The van der Waals surface area contributed by atoms with Gasteiger partial charge in [0.05, 0.1) is 17.4 Å². The van der Waals surface area contributed by atoms with Gasteiger partial charge in [-0.05, 0) is 48.5 Å². The normalized spacial score (nSPS) is 14.6. The molecule has 1 fully saturated rings. The summed E-state index contributed by atoms with van der Waals surface area (Å²) >= 11 is 5.92. The van der Waals surface area contributed by atoms with Crippen LogP contribution in [0, 0.1) is 0 Å². The largest absolute Gasteiger partial charge is 0.459 e. The van der Waals surface area contributed by atoms with Crippen molar-refractivity contribution in [1.29, 1.82) is 0 Å². The fourth-order valence-corrected chi connectivity index (χ4v) is 5.02. The van der Waals surface area contributed by atoms with Gasteiger partial charge in [0.1, 0.15) is 0 Å². The first-order valence-electron chi connectivity index (χ1n) is 10.1. The summed E-state index contributed by atoms with van der Waals surface area (Å²) < 4.78 is 43.3. The lowest BCUT2D eigenvalue weighted by atomic mass is 10.3. The quantitative estimate of drug-likeness (QED) is 0.415. The van der Waals surface area contributed by atoms with E-state index < -0.39 is 9.84 Å². The maximum absolute atomic E-state index is 13.4. The van der Waals surface area contributed by atoms with Crippen LogP contribution in [0.5, 0.6) is 0 Å². The summed E-state index contributed by atoms with van der Waals surface area (Å²) in [4.78, 5) is 20.3. The Labute approximate surface area is 194 Å². The van der Waals surface area contributed by atoms with E-state index in [0.717, 1.165) is 0 Å². The molecule has 0 radical (unpaired) electrons. The van der Waals surface area contributed by atoms with E-state index in [9.17, 15) is 13.2 Å². The summed E-state index contributed by atoms with van der Waals surface area (Å²) in [5.41, 5.74) is 0. The number of piperazine rings is 1. The van der Waals surface area contributed by atoms with Crippen LogP contribution >= 0.6 is 11.6 Å². The Bertz CT molecular complexity index is 1350. The fraction of sp³-hybridized carbons (Fsp3) is 0.182. The van der Waals surface area contributed by atoms with E-state index in [1.54, 1.807) is 34.1 Å². The molecule has 9 nitrogen and oxygen atoms in total. The number of carbonyl (C=O) groups is 1. The number of anilines is 1. The van der Waals surface area contributed by atoms with Crippen LogP contribution in [-0.2, 0) is 9.84 Å². The predicted octanol–water partition coefficient (Wildman–Crippen LogP) is 3.98. The number of amides is 1. The first-order valence-corrected chi connectivity index (χ1v) is 11.9. The highest BCUT2D eigenvalue weighted by molar-refractivity contribution is 7.91. The standard InChI is InChI=1S/C22H18ClN3O6S/c23-15-5-7-16(8-6-15)33(28,29)20-22(32-19(24-20)17-3-1-13-30-17)26-11-9-25(10-12-26)21(27)18-4-2-14-31-18/h1-8,13-14H,9-12H2. The lowest BCUT2D eigenvalue weighted by molar-refractivity contribution is 0.0713. The molecule has 1 aromatic carbocycles. The van der Waals surface area contributed by atoms with Crippen LogP contribution in [0.1, 0.15) is 10.6 Å². The smallest absolute Gasteiger partial charge is 0.289 e. The monoisotopic (exact) mass is 487 g/mol. The molecule has 0 atom stereocenters. The van der Waals surface area contributed by atoms with E-state index in [-0.39, 0.29) is 33.4 Å². The number of carbonyl (C=O) groups excluding carboxylic acids is 1. The number of oxazole rings is 1. The third-order valence-electron chi connectivity index (χ3n) is 5.28. The number of rotatable bonds is 5. The zero-order valence-electron chi connectivity index (χ0n) is 17.2. The predicted molar refractivity (Wildman–Crippen MR) is 118 cm³/mol. The highest BCUT2D eigenvalue weighted by Gasteiger charge is 2.34. The molecule has 4 aromatic rings. The highest BCUT2D eigenvalue weighted by atomic mass is 35.5. The molecule has 11 heteroatoms. The van der Waals surface area contributed by atoms with E-state index in [0.29, 0.717) is 37.0 Å². The molecule has 5 rings (SSSR count). The van der Waals surface area contributed by atoms with E-state index in [1.807, 2.05) is 0 Å². The van der Waals surface area contributed by atoms with Gasteiger partial charge in [-0.1, -0.05) is 11.6 Å². The van der Waals surface area contributed by atoms with Crippen molar-refractivity contribution >= 4 is 33.2 Å². The van der Waals surface area contributed by atoms with Gasteiger partial charge in [0.15, 0.2) is 11.5 Å². The van der Waals surface area contributed by atoms with E-state index in [2.05, 4.69) is 4.98 Å². The van der Waals surface area contributed by atoms with Crippen LogP contribution in [0.2, 0.25) is 5.02 Å². The molecule has 0 saturated carbocycles. The number of sulfone groups is 1. The van der Waals surface area contributed by atoms with Crippen LogP contribution in [-0.4, -0.2) is 50.4 Å². The topological polar surface area (TPSA) is 110 Å². The van der Waals surface area contributed by atoms with Crippen LogP contribution in [0.4, 0.5) is 5.88 Å². The first-order chi connectivity index (χ1) is 15.9. The molecule has 1 aliphatic rings. The first kappa shape index (κ1) is 21.4. The van der Waals surface area contributed by atoms with Crippen LogP contribution in [0.25, 0.3) is 11.7 Å². The van der Waals surface area contributed by atoms with Gasteiger partial charge in [-0.25, -0.2) is 8.42 Å². The second kappa shape index (κ2) is 8.45. The highest BCUT2D eigenvalue weighted by Crippen LogP contribution is 2.35. The molecule has 3 aromatic heterocycles. The molecule has 0 bridgehead atoms. The average Bonchev–Trinajstić information content (AvgIpc) is 3.60. The molecule has 170 valence electrons. The van der Waals surface area contributed by atoms with Gasteiger partial charge in [0.25, 0.3) is 11.8 Å². The van der Waals surface area contributed by atoms with Crippen LogP contribution in [0.3, 0.4) is 0 Å². The van der Waals surface area contributed by atoms with E-state index in [1.165, 1.54) is 36.8 Å². The molecule has 0 spiro atoms. The number of hydrogen-bond acceptors (Lipinski definition) is 8. The Hall–Kier alpha value is -3.50. The maximum Gasteiger partial charge on any atom is 0.289 e. The van der Waals surface area contributed by atoms with Crippen molar-refractivity contribution in [2.45, 2.75) is 9.92 Å².